The van der Waals surface area contributed by atoms with Gasteiger partial charge < -0.3 is 14.8 Å². The van der Waals surface area contributed by atoms with Gasteiger partial charge in [0.2, 0.25) is 0 Å². The Balaban J connectivity index is 1.45. The number of rotatable bonds is 5. The lowest BCUT2D eigenvalue weighted by molar-refractivity contribution is -0.124. The van der Waals surface area contributed by atoms with Crippen LogP contribution in [-0.4, -0.2) is 28.0 Å². The molecule has 3 aromatic rings. The molecule has 1 aliphatic rings. The number of amides is 1. The second-order valence-electron chi connectivity index (χ2n) is 6.83. The maximum absolute atomic E-state index is 12.3. The van der Waals surface area contributed by atoms with Crippen LogP contribution in [0, 0.1) is 6.92 Å². The average Bonchev–Trinajstić information content (AvgIpc) is 3.22. The Morgan fingerprint density at radius 2 is 2.21 bits per heavy atom. The first-order valence-electron chi connectivity index (χ1n) is 9.23. The van der Waals surface area contributed by atoms with Crippen molar-refractivity contribution in [2.75, 3.05) is 11.9 Å². The Bertz CT molecular complexity index is 1070. The summed E-state index contributed by atoms with van der Waals surface area (Å²) in [6, 6.07) is 12.3. The summed E-state index contributed by atoms with van der Waals surface area (Å²) < 4.78 is 12.7. The average molecular weight is 379 g/mol. The molecule has 144 valence electrons. The predicted octanol–water partition coefficient (Wildman–Crippen LogP) is 2.70. The molecule has 3 heterocycles. The Morgan fingerprint density at radius 3 is 3.04 bits per heavy atom. The van der Waals surface area contributed by atoms with Crippen LogP contribution in [0.5, 0.6) is 5.75 Å². The SMILES string of the molecule is Cc1ccc2nc(COc3cccc(NC(=O)[C@H]4CCCO4)c3)cc(=O)n2c1. The first kappa shape index (κ1) is 18.2. The molecule has 1 saturated heterocycles. The number of nitrogens with one attached hydrogen (secondary N) is 1. The van der Waals surface area contributed by atoms with Crippen molar-refractivity contribution < 1.29 is 14.3 Å². The molecule has 7 nitrogen and oxygen atoms in total. The Morgan fingerprint density at radius 1 is 1.32 bits per heavy atom. The summed E-state index contributed by atoms with van der Waals surface area (Å²) in [6.07, 6.45) is 3.02. The third-order valence-corrected chi connectivity index (χ3v) is 4.57. The van der Waals surface area contributed by atoms with E-state index in [0.717, 1.165) is 18.4 Å². The Labute approximate surface area is 161 Å². The maximum atomic E-state index is 12.3. The summed E-state index contributed by atoms with van der Waals surface area (Å²) in [4.78, 5) is 28.9. The molecule has 0 radical (unpaired) electrons. The minimum atomic E-state index is -0.386. The first-order valence-corrected chi connectivity index (χ1v) is 9.23. The number of hydrogen-bond acceptors (Lipinski definition) is 5. The van der Waals surface area contributed by atoms with Crippen LogP contribution < -0.4 is 15.6 Å². The predicted molar refractivity (Wildman–Crippen MR) is 105 cm³/mol. The molecule has 1 atom stereocenters. The molecule has 0 unspecified atom stereocenters. The molecule has 0 spiro atoms. The van der Waals surface area contributed by atoms with Gasteiger partial charge in [0.15, 0.2) is 0 Å². The molecule has 1 aliphatic heterocycles. The summed E-state index contributed by atoms with van der Waals surface area (Å²) in [7, 11) is 0. The molecule has 0 aliphatic carbocycles. The third-order valence-electron chi connectivity index (χ3n) is 4.57. The Hall–Kier alpha value is -3.19. The second-order valence-corrected chi connectivity index (χ2v) is 6.83. The highest BCUT2D eigenvalue weighted by Crippen LogP contribution is 2.20. The summed E-state index contributed by atoms with van der Waals surface area (Å²) >= 11 is 0. The molecule has 7 heteroatoms. The van der Waals surface area contributed by atoms with Gasteiger partial charge in [0.25, 0.3) is 11.5 Å². The van der Waals surface area contributed by atoms with E-state index in [1.807, 2.05) is 19.1 Å². The number of benzene rings is 1. The van der Waals surface area contributed by atoms with E-state index in [1.165, 1.54) is 10.5 Å². The van der Waals surface area contributed by atoms with Crippen molar-refractivity contribution >= 4 is 17.2 Å². The van der Waals surface area contributed by atoms with Gasteiger partial charge in [0, 0.05) is 30.6 Å². The van der Waals surface area contributed by atoms with Gasteiger partial charge in [-0.05, 0) is 43.5 Å². The topological polar surface area (TPSA) is 81.9 Å². The number of aromatic nitrogens is 2. The van der Waals surface area contributed by atoms with E-state index in [2.05, 4.69) is 10.3 Å². The van der Waals surface area contributed by atoms with E-state index in [9.17, 15) is 9.59 Å². The molecule has 2 aromatic heterocycles. The number of pyridine rings is 1. The number of fused-ring (bicyclic) bond motifs is 1. The fraction of sp³-hybridized carbons (Fsp3) is 0.286. The number of hydrogen-bond donors (Lipinski definition) is 1. The normalized spacial score (nSPS) is 16.2. The molecular weight excluding hydrogens is 358 g/mol. The molecular formula is C21H21N3O4. The van der Waals surface area contributed by atoms with E-state index < -0.39 is 0 Å². The number of aryl methyl sites for hydroxylation is 1. The van der Waals surface area contributed by atoms with Gasteiger partial charge in [0.05, 0.1) is 5.69 Å². The van der Waals surface area contributed by atoms with Crippen LogP contribution in [-0.2, 0) is 16.1 Å². The van der Waals surface area contributed by atoms with Crippen LogP contribution >= 0.6 is 0 Å². The molecule has 4 rings (SSSR count). The van der Waals surface area contributed by atoms with Crippen LogP contribution in [0.4, 0.5) is 5.69 Å². The van der Waals surface area contributed by atoms with Gasteiger partial charge in [-0.2, -0.15) is 0 Å². The number of carbonyl (C=O) groups is 1. The smallest absolute Gasteiger partial charge is 0.258 e. The number of ether oxygens (including phenoxy) is 2. The molecule has 0 saturated carbocycles. The van der Waals surface area contributed by atoms with Crippen LogP contribution in [0.1, 0.15) is 24.1 Å². The highest BCUT2D eigenvalue weighted by molar-refractivity contribution is 5.94. The standard InChI is InChI=1S/C21H21N3O4/c1-14-7-8-19-22-16(11-20(25)24(19)12-14)13-28-17-5-2-4-15(10-17)23-21(26)18-6-3-9-27-18/h2,4-5,7-8,10-12,18H,3,6,9,13H2,1H3,(H,23,26)/t18-/m1/s1. The minimum absolute atomic E-state index is 0.144. The van der Waals surface area contributed by atoms with Crippen LogP contribution in [0.3, 0.4) is 0 Å². The van der Waals surface area contributed by atoms with Gasteiger partial charge in [-0.3, -0.25) is 14.0 Å². The fourth-order valence-electron chi connectivity index (χ4n) is 3.16. The molecule has 1 aromatic carbocycles. The summed E-state index contributed by atoms with van der Waals surface area (Å²) in [5.74, 6) is 0.435. The highest BCUT2D eigenvalue weighted by Gasteiger charge is 2.23. The van der Waals surface area contributed by atoms with E-state index in [-0.39, 0.29) is 24.2 Å². The Kier molecular flexibility index (Phi) is 5.08. The zero-order valence-corrected chi connectivity index (χ0v) is 15.6. The second kappa shape index (κ2) is 7.82. The maximum Gasteiger partial charge on any atom is 0.258 e. The van der Waals surface area contributed by atoms with Gasteiger partial charge in [-0.1, -0.05) is 12.1 Å². The zero-order valence-electron chi connectivity index (χ0n) is 15.6. The highest BCUT2D eigenvalue weighted by atomic mass is 16.5. The van der Waals surface area contributed by atoms with Crippen molar-refractivity contribution in [1.82, 2.24) is 9.38 Å². The lowest BCUT2D eigenvalue weighted by Gasteiger charge is -2.12. The van der Waals surface area contributed by atoms with Crippen LogP contribution in [0.25, 0.3) is 5.65 Å². The summed E-state index contributed by atoms with van der Waals surface area (Å²) in [5, 5.41) is 2.85. The van der Waals surface area contributed by atoms with Crippen LogP contribution in [0.2, 0.25) is 0 Å². The minimum Gasteiger partial charge on any atom is -0.487 e. The zero-order chi connectivity index (χ0) is 19.5. The largest absolute Gasteiger partial charge is 0.487 e. The molecule has 1 N–H and O–H groups in total. The van der Waals surface area contributed by atoms with Gasteiger partial charge in [-0.25, -0.2) is 4.98 Å². The first-order chi connectivity index (χ1) is 13.6. The third kappa shape index (κ3) is 4.04. The van der Waals surface area contributed by atoms with E-state index >= 15 is 0 Å². The van der Waals surface area contributed by atoms with Gasteiger partial charge >= 0.3 is 0 Å². The van der Waals surface area contributed by atoms with Crippen molar-refractivity contribution in [2.45, 2.75) is 32.5 Å². The number of nitrogens with zero attached hydrogens (tertiary/aromatic N) is 2. The molecule has 28 heavy (non-hydrogen) atoms. The summed E-state index contributed by atoms with van der Waals surface area (Å²) in [6.45, 7) is 2.70. The molecule has 0 bridgehead atoms. The van der Waals surface area contributed by atoms with Gasteiger partial charge in [0.1, 0.15) is 24.1 Å². The lowest BCUT2D eigenvalue weighted by Crippen LogP contribution is -2.26. The summed E-state index contributed by atoms with van der Waals surface area (Å²) in [5.41, 5.74) is 2.60. The van der Waals surface area contributed by atoms with E-state index in [0.29, 0.717) is 29.4 Å². The van der Waals surface area contributed by atoms with E-state index in [4.69, 9.17) is 9.47 Å². The number of carbonyl (C=O) groups excluding carboxylic acids is 1. The molecule has 1 amide bonds. The van der Waals surface area contributed by atoms with Crippen molar-refractivity contribution in [3.8, 4) is 5.75 Å². The quantitative estimate of drug-likeness (QED) is 0.737. The van der Waals surface area contributed by atoms with Crippen molar-refractivity contribution in [3.63, 3.8) is 0 Å². The fourth-order valence-corrected chi connectivity index (χ4v) is 3.16. The molecule has 1 fully saturated rings. The number of anilines is 1. The monoisotopic (exact) mass is 379 g/mol. The van der Waals surface area contributed by atoms with Crippen molar-refractivity contribution in [1.29, 1.82) is 0 Å². The lowest BCUT2D eigenvalue weighted by atomic mass is 10.2. The van der Waals surface area contributed by atoms with E-state index in [1.54, 1.807) is 30.5 Å². The van der Waals surface area contributed by atoms with Crippen molar-refractivity contribution in [2.24, 2.45) is 0 Å². The van der Waals surface area contributed by atoms with Crippen LogP contribution in [0.15, 0.2) is 53.5 Å². The van der Waals surface area contributed by atoms with Gasteiger partial charge in [-0.15, -0.1) is 0 Å². The van der Waals surface area contributed by atoms with Crippen molar-refractivity contribution in [3.05, 3.63) is 70.3 Å².